The fraction of sp³-hybridized carbons (Fsp3) is 0.667. The predicted molar refractivity (Wildman–Crippen MR) is 89.7 cm³/mol. The molecule has 0 saturated carbocycles. The third-order valence-corrected chi connectivity index (χ3v) is 3.58. The highest BCUT2D eigenvalue weighted by atomic mass is 19.3. The summed E-state index contributed by atoms with van der Waals surface area (Å²) in [6, 6.07) is 0. The number of halogens is 2. The lowest BCUT2D eigenvalue weighted by Crippen LogP contribution is -2.31. The molecule has 0 aliphatic heterocycles. The van der Waals surface area contributed by atoms with E-state index in [1.807, 2.05) is 19.9 Å². The third kappa shape index (κ3) is 9.64. The van der Waals surface area contributed by atoms with E-state index in [-0.39, 0.29) is 32.0 Å². The Labute approximate surface area is 138 Å². The number of ether oxygens (including phenoxy) is 2. The number of rotatable bonds is 13. The molecule has 0 aromatic heterocycles. The summed E-state index contributed by atoms with van der Waals surface area (Å²) in [4.78, 5) is 0. The molecule has 0 saturated heterocycles. The topological polar surface area (TPSA) is 38.7 Å². The van der Waals surface area contributed by atoms with Crippen LogP contribution in [0.25, 0.3) is 0 Å². The molecule has 0 heterocycles. The summed E-state index contributed by atoms with van der Waals surface area (Å²) < 4.78 is 37.2. The Balaban J connectivity index is 4.20. The summed E-state index contributed by atoms with van der Waals surface area (Å²) >= 11 is 0. The molecule has 0 bridgehead atoms. The van der Waals surface area contributed by atoms with E-state index in [9.17, 15) is 13.9 Å². The molecule has 0 aromatic rings. The van der Waals surface area contributed by atoms with Gasteiger partial charge in [-0.25, -0.2) is 8.78 Å². The van der Waals surface area contributed by atoms with E-state index >= 15 is 0 Å². The molecule has 0 aromatic carbocycles. The molecule has 0 radical (unpaired) electrons. The molecule has 5 heteroatoms. The maximum Gasteiger partial charge on any atom is 0.250 e. The van der Waals surface area contributed by atoms with Crippen LogP contribution in [-0.4, -0.2) is 43.6 Å². The molecule has 1 N–H and O–H groups in total. The van der Waals surface area contributed by atoms with Crippen LogP contribution in [0.3, 0.4) is 0 Å². The molecule has 0 spiro atoms. The van der Waals surface area contributed by atoms with Crippen LogP contribution in [0.15, 0.2) is 37.0 Å². The van der Waals surface area contributed by atoms with E-state index < -0.39 is 18.1 Å². The molecule has 0 rings (SSSR count). The lowest BCUT2D eigenvalue weighted by molar-refractivity contribution is -0.0369. The minimum atomic E-state index is -2.72. The molecular formula is C18H30F2O3. The van der Waals surface area contributed by atoms with Crippen molar-refractivity contribution in [1.82, 2.24) is 0 Å². The molecule has 0 fully saturated rings. The van der Waals surface area contributed by atoms with Crippen molar-refractivity contribution in [3.05, 3.63) is 37.0 Å². The van der Waals surface area contributed by atoms with Gasteiger partial charge in [-0.2, -0.15) is 0 Å². The third-order valence-electron chi connectivity index (χ3n) is 3.58. The van der Waals surface area contributed by atoms with Gasteiger partial charge in [-0.15, -0.1) is 13.2 Å². The summed E-state index contributed by atoms with van der Waals surface area (Å²) in [5, 5.41) is 10.1. The van der Waals surface area contributed by atoms with Crippen LogP contribution in [0.2, 0.25) is 0 Å². The van der Waals surface area contributed by atoms with E-state index in [1.54, 1.807) is 6.08 Å². The first-order chi connectivity index (χ1) is 10.8. The Kier molecular flexibility index (Phi) is 11.0. The van der Waals surface area contributed by atoms with Crippen LogP contribution in [0.5, 0.6) is 0 Å². The molecule has 0 aliphatic rings. The van der Waals surface area contributed by atoms with Gasteiger partial charge in [-0.05, 0) is 13.3 Å². The zero-order valence-corrected chi connectivity index (χ0v) is 14.4. The largest absolute Gasteiger partial charge is 0.389 e. The van der Waals surface area contributed by atoms with Gasteiger partial charge in [-0.1, -0.05) is 30.7 Å². The highest BCUT2D eigenvalue weighted by Crippen LogP contribution is 2.24. The summed E-state index contributed by atoms with van der Waals surface area (Å²) in [7, 11) is 1.51. The second-order valence-corrected chi connectivity index (χ2v) is 5.78. The van der Waals surface area contributed by atoms with Crippen LogP contribution in [0, 0.1) is 5.92 Å². The van der Waals surface area contributed by atoms with Crippen LogP contribution in [-0.2, 0) is 9.47 Å². The lowest BCUT2D eigenvalue weighted by Gasteiger charge is -2.22. The average molecular weight is 332 g/mol. The minimum Gasteiger partial charge on any atom is -0.389 e. The summed E-state index contributed by atoms with van der Waals surface area (Å²) in [5.41, 5.74) is 0.880. The van der Waals surface area contributed by atoms with Gasteiger partial charge in [0.1, 0.15) is 6.10 Å². The van der Waals surface area contributed by atoms with Crippen molar-refractivity contribution in [1.29, 1.82) is 0 Å². The first kappa shape index (κ1) is 22.0. The van der Waals surface area contributed by atoms with Gasteiger partial charge in [0.15, 0.2) is 0 Å². The molecule has 3 unspecified atom stereocenters. The van der Waals surface area contributed by atoms with E-state index in [4.69, 9.17) is 9.47 Å². The first-order valence-electron chi connectivity index (χ1n) is 7.84. The quantitative estimate of drug-likeness (QED) is 0.407. The zero-order chi connectivity index (χ0) is 17.9. The van der Waals surface area contributed by atoms with Crippen molar-refractivity contribution in [2.75, 3.05) is 20.3 Å². The Bertz CT molecular complexity index is 380. The molecule has 0 amide bonds. The molecular weight excluding hydrogens is 302 g/mol. The zero-order valence-electron chi connectivity index (χ0n) is 14.4. The summed E-state index contributed by atoms with van der Waals surface area (Å²) in [6.45, 7) is 11.0. The van der Waals surface area contributed by atoms with Crippen molar-refractivity contribution < 1.29 is 23.4 Å². The standard InChI is InChI=1S/C18H30F2O3/c1-6-8-9-18(19,20)10-11-23-13-14(3)12-15(4)17(21)16(7-2)22-5/h6-7,12,15-17,21H,1-2,8-11,13H2,3-5H3. The second kappa shape index (κ2) is 11.5. The van der Waals surface area contributed by atoms with Crippen molar-refractivity contribution in [3.8, 4) is 0 Å². The van der Waals surface area contributed by atoms with Gasteiger partial charge in [0.25, 0.3) is 5.92 Å². The van der Waals surface area contributed by atoms with Crippen LogP contribution >= 0.6 is 0 Å². The van der Waals surface area contributed by atoms with Gasteiger partial charge >= 0.3 is 0 Å². The normalized spacial score (nSPS) is 16.7. The van der Waals surface area contributed by atoms with Gasteiger partial charge in [0.2, 0.25) is 0 Å². The van der Waals surface area contributed by atoms with Crippen molar-refractivity contribution in [3.63, 3.8) is 0 Å². The highest BCUT2D eigenvalue weighted by molar-refractivity contribution is 5.04. The number of allylic oxidation sites excluding steroid dienone is 1. The SMILES string of the molecule is C=CCCC(F)(F)CCOCC(C)=CC(C)C(O)C(C=C)OC. The molecule has 3 atom stereocenters. The van der Waals surface area contributed by atoms with E-state index in [0.717, 1.165) is 5.57 Å². The summed E-state index contributed by atoms with van der Waals surface area (Å²) in [5.74, 6) is -2.87. The van der Waals surface area contributed by atoms with E-state index in [2.05, 4.69) is 13.2 Å². The lowest BCUT2D eigenvalue weighted by atomic mass is 9.97. The minimum absolute atomic E-state index is 0.000386. The van der Waals surface area contributed by atoms with Crippen LogP contribution in [0.1, 0.15) is 33.1 Å². The Morgan fingerprint density at radius 1 is 1.30 bits per heavy atom. The maximum absolute atomic E-state index is 13.4. The van der Waals surface area contributed by atoms with Gasteiger partial charge in [0.05, 0.1) is 19.3 Å². The second-order valence-electron chi connectivity index (χ2n) is 5.78. The van der Waals surface area contributed by atoms with Crippen molar-refractivity contribution in [2.45, 2.75) is 51.2 Å². The molecule has 134 valence electrons. The Morgan fingerprint density at radius 2 is 1.96 bits per heavy atom. The number of aliphatic hydroxyl groups excluding tert-OH is 1. The van der Waals surface area contributed by atoms with Crippen molar-refractivity contribution in [2.24, 2.45) is 5.92 Å². The number of methoxy groups -OCH3 is 1. The van der Waals surface area contributed by atoms with E-state index in [1.165, 1.54) is 13.2 Å². The van der Waals surface area contributed by atoms with Gasteiger partial charge < -0.3 is 14.6 Å². The Morgan fingerprint density at radius 3 is 2.48 bits per heavy atom. The number of hydrogen-bond acceptors (Lipinski definition) is 3. The number of aliphatic hydroxyl groups is 1. The van der Waals surface area contributed by atoms with E-state index in [0.29, 0.717) is 6.42 Å². The van der Waals surface area contributed by atoms with Crippen LogP contribution < -0.4 is 0 Å². The van der Waals surface area contributed by atoms with Crippen LogP contribution in [0.4, 0.5) is 8.78 Å². The average Bonchev–Trinajstić information content (AvgIpc) is 2.50. The van der Waals surface area contributed by atoms with Gasteiger partial charge in [-0.3, -0.25) is 0 Å². The molecule has 0 aliphatic carbocycles. The molecule has 23 heavy (non-hydrogen) atoms. The smallest absolute Gasteiger partial charge is 0.250 e. The first-order valence-corrected chi connectivity index (χ1v) is 7.84. The number of hydrogen-bond donors (Lipinski definition) is 1. The van der Waals surface area contributed by atoms with Gasteiger partial charge in [0, 0.05) is 25.9 Å². The number of alkyl halides is 2. The maximum atomic E-state index is 13.4. The fourth-order valence-corrected chi connectivity index (χ4v) is 2.16. The summed E-state index contributed by atoms with van der Waals surface area (Å²) in [6.07, 6.45) is 3.54. The van der Waals surface area contributed by atoms with Crippen molar-refractivity contribution >= 4 is 0 Å². The predicted octanol–water partition coefficient (Wildman–Crippen LogP) is 4.14. The Hall–Kier alpha value is -1.04. The fourth-order valence-electron chi connectivity index (χ4n) is 2.16. The monoisotopic (exact) mass is 332 g/mol. The molecule has 3 nitrogen and oxygen atoms in total. The highest BCUT2D eigenvalue weighted by Gasteiger charge is 2.27.